The average molecular weight is 271 g/mol. The first-order valence-electron chi connectivity index (χ1n) is 7.20. The van der Waals surface area contributed by atoms with Crippen molar-refractivity contribution in [3.63, 3.8) is 0 Å². The van der Waals surface area contributed by atoms with E-state index >= 15 is 0 Å². The van der Waals surface area contributed by atoms with Gasteiger partial charge in [0.05, 0.1) is 17.7 Å². The molecule has 4 heteroatoms. The van der Waals surface area contributed by atoms with Crippen molar-refractivity contribution in [3.05, 3.63) is 42.1 Å². The molecule has 3 atom stereocenters. The molecule has 3 N–H and O–H groups in total. The van der Waals surface area contributed by atoms with Crippen LogP contribution in [0.2, 0.25) is 0 Å². The van der Waals surface area contributed by atoms with Crippen molar-refractivity contribution in [2.75, 3.05) is 6.61 Å². The van der Waals surface area contributed by atoms with Crippen molar-refractivity contribution in [1.82, 2.24) is 10.4 Å². The molecule has 1 aromatic heterocycles. The third-order valence-electron chi connectivity index (χ3n) is 4.23. The molecular formula is C16H21N3O. The SMILES string of the molecule is CC1CCOC1C(Cc1ccnc2ccccc12)NN. The molecule has 2 aromatic rings. The van der Waals surface area contributed by atoms with Crippen molar-refractivity contribution in [2.45, 2.75) is 31.9 Å². The summed E-state index contributed by atoms with van der Waals surface area (Å²) in [5, 5.41) is 1.20. The van der Waals surface area contributed by atoms with Gasteiger partial charge in [-0.05, 0) is 36.5 Å². The Hall–Kier alpha value is -1.49. The smallest absolute Gasteiger partial charge is 0.0771 e. The summed E-state index contributed by atoms with van der Waals surface area (Å²) >= 11 is 0. The first-order chi connectivity index (χ1) is 9.79. The van der Waals surface area contributed by atoms with E-state index in [0.29, 0.717) is 5.92 Å². The number of aromatic nitrogens is 1. The van der Waals surface area contributed by atoms with Gasteiger partial charge in [0.1, 0.15) is 0 Å². The van der Waals surface area contributed by atoms with Crippen LogP contribution in [0.5, 0.6) is 0 Å². The number of pyridine rings is 1. The van der Waals surface area contributed by atoms with E-state index in [1.165, 1.54) is 10.9 Å². The molecule has 0 saturated carbocycles. The molecule has 4 nitrogen and oxygen atoms in total. The second-order valence-corrected chi connectivity index (χ2v) is 5.57. The van der Waals surface area contributed by atoms with E-state index in [-0.39, 0.29) is 12.1 Å². The van der Waals surface area contributed by atoms with Crippen LogP contribution in [0.15, 0.2) is 36.5 Å². The van der Waals surface area contributed by atoms with Crippen LogP contribution in [0.4, 0.5) is 0 Å². The normalized spacial score (nSPS) is 24.1. The molecule has 1 aromatic carbocycles. The van der Waals surface area contributed by atoms with Gasteiger partial charge in [0.2, 0.25) is 0 Å². The fourth-order valence-corrected chi connectivity index (χ4v) is 3.07. The van der Waals surface area contributed by atoms with E-state index in [9.17, 15) is 0 Å². The van der Waals surface area contributed by atoms with Gasteiger partial charge in [0.15, 0.2) is 0 Å². The van der Waals surface area contributed by atoms with Crippen LogP contribution >= 0.6 is 0 Å². The minimum atomic E-state index is 0.137. The molecule has 3 rings (SSSR count). The van der Waals surface area contributed by atoms with Gasteiger partial charge in [-0.2, -0.15) is 0 Å². The molecule has 0 amide bonds. The molecule has 3 unspecified atom stereocenters. The van der Waals surface area contributed by atoms with E-state index < -0.39 is 0 Å². The lowest BCUT2D eigenvalue weighted by molar-refractivity contribution is 0.0611. The number of hydrogen-bond acceptors (Lipinski definition) is 4. The summed E-state index contributed by atoms with van der Waals surface area (Å²) in [5.74, 6) is 6.31. The number of fused-ring (bicyclic) bond motifs is 1. The summed E-state index contributed by atoms with van der Waals surface area (Å²) in [4.78, 5) is 4.40. The van der Waals surface area contributed by atoms with E-state index in [2.05, 4.69) is 29.5 Å². The van der Waals surface area contributed by atoms with Crippen LogP contribution < -0.4 is 11.3 Å². The van der Waals surface area contributed by atoms with Gasteiger partial charge in [-0.1, -0.05) is 25.1 Å². The topological polar surface area (TPSA) is 60.2 Å². The van der Waals surface area contributed by atoms with Crippen molar-refractivity contribution in [1.29, 1.82) is 0 Å². The highest BCUT2D eigenvalue weighted by Crippen LogP contribution is 2.26. The number of rotatable bonds is 4. The summed E-state index contributed by atoms with van der Waals surface area (Å²) in [5.41, 5.74) is 5.24. The number of nitrogens with zero attached hydrogens (tertiary/aromatic N) is 1. The predicted molar refractivity (Wildman–Crippen MR) is 80.1 cm³/mol. The fourth-order valence-electron chi connectivity index (χ4n) is 3.07. The maximum absolute atomic E-state index is 5.84. The van der Waals surface area contributed by atoms with Crippen molar-refractivity contribution in [2.24, 2.45) is 11.8 Å². The highest BCUT2D eigenvalue weighted by atomic mass is 16.5. The van der Waals surface area contributed by atoms with Crippen LogP contribution in [-0.4, -0.2) is 23.7 Å². The van der Waals surface area contributed by atoms with Gasteiger partial charge in [-0.15, -0.1) is 0 Å². The quantitative estimate of drug-likeness (QED) is 0.660. The zero-order valence-corrected chi connectivity index (χ0v) is 11.8. The Morgan fingerprint density at radius 3 is 3.00 bits per heavy atom. The number of para-hydroxylation sites is 1. The highest BCUT2D eigenvalue weighted by Gasteiger charge is 2.31. The zero-order chi connectivity index (χ0) is 13.9. The van der Waals surface area contributed by atoms with E-state index in [4.69, 9.17) is 10.6 Å². The van der Waals surface area contributed by atoms with E-state index in [0.717, 1.165) is 25.0 Å². The molecule has 1 aliphatic rings. The molecule has 0 radical (unpaired) electrons. The van der Waals surface area contributed by atoms with Crippen LogP contribution in [0, 0.1) is 5.92 Å². The molecule has 20 heavy (non-hydrogen) atoms. The molecular weight excluding hydrogens is 250 g/mol. The average Bonchev–Trinajstić information content (AvgIpc) is 2.91. The summed E-state index contributed by atoms with van der Waals surface area (Å²) in [6.07, 6.45) is 4.02. The minimum Gasteiger partial charge on any atom is -0.376 e. The Balaban J connectivity index is 1.87. The monoisotopic (exact) mass is 271 g/mol. The Labute approximate surface area is 119 Å². The number of nitrogens with one attached hydrogen (secondary N) is 1. The zero-order valence-electron chi connectivity index (χ0n) is 11.8. The van der Waals surface area contributed by atoms with Gasteiger partial charge < -0.3 is 4.74 Å². The van der Waals surface area contributed by atoms with Crippen molar-refractivity contribution in [3.8, 4) is 0 Å². The van der Waals surface area contributed by atoms with E-state index in [1.807, 2.05) is 24.4 Å². The molecule has 1 aliphatic heterocycles. The largest absolute Gasteiger partial charge is 0.376 e. The molecule has 1 saturated heterocycles. The minimum absolute atomic E-state index is 0.137. The second kappa shape index (κ2) is 5.87. The maximum Gasteiger partial charge on any atom is 0.0771 e. The third kappa shape index (κ3) is 2.54. The molecule has 2 heterocycles. The third-order valence-corrected chi connectivity index (χ3v) is 4.23. The Kier molecular flexibility index (Phi) is 3.96. The van der Waals surface area contributed by atoms with Gasteiger partial charge >= 0.3 is 0 Å². The summed E-state index contributed by atoms with van der Waals surface area (Å²) in [7, 11) is 0. The van der Waals surface area contributed by atoms with Gasteiger partial charge in [-0.25, -0.2) is 0 Å². The first-order valence-corrected chi connectivity index (χ1v) is 7.20. The van der Waals surface area contributed by atoms with Crippen LogP contribution in [0.25, 0.3) is 10.9 Å². The van der Waals surface area contributed by atoms with Crippen molar-refractivity contribution >= 4 is 10.9 Å². The van der Waals surface area contributed by atoms with Crippen LogP contribution in [0.1, 0.15) is 18.9 Å². The lowest BCUT2D eigenvalue weighted by Gasteiger charge is -2.25. The Morgan fingerprint density at radius 1 is 1.40 bits per heavy atom. The Morgan fingerprint density at radius 2 is 2.25 bits per heavy atom. The first kappa shape index (κ1) is 13.5. The number of hydrazine groups is 1. The van der Waals surface area contributed by atoms with E-state index in [1.54, 1.807) is 0 Å². The summed E-state index contributed by atoms with van der Waals surface area (Å²) in [6, 6.07) is 10.4. The number of hydrogen-bond donors (Lipinski definition) is 2. The predicted octanol–water partition coefficient (Wildman–Crippen LogP) is 2.03. The van der Waals surface area contributed by atoms with Gasteiger partial charge in [0, 0.05) is 18.2 Å². The lowest BCUT2D eigenvalue weighted by atomic mass is 9.92. The standard InChI is InChI=1S/C16H21N3O/c1-11-7-9-20-16(11)15(19-17)10-12-6-8-18-14-5-3-2-4-13(12)14/h2-6,8,11,15-16,19H,7,9-10,17H2,1H3. The summed E-state index contributed by atoms with van der Waals surface area (Å²) < 4.78 is 5.84. The van der Waals surface area contributed by atoms with Gasteiger partial charge in [-0.3, -0.25) is 16.3 Å². The number of benzene rings is 1. The molecule has 0 bridgehead atoms. The Bertz CT molecular complexity index is 581. The summed E-state index contributed by atoms with van der Waals surface area (Å²) in [6.45, 7) is 3.06. The molecule has 0 spiro atoms. The van der Waals surface area contributed by atoms with Crippen LogP contribution in [0.3, 0.4) is 0 Å². The molecule has 106 valence electrons. The highest BCUT2D eigenvalue weighted by molar-refractivity contribution is 5.81. The molecule has 0 aliphatic carbocycles. The second-order valence-electron chi connectivity index (χ2n) is 5.57. The van der Waals surface area contributed by atoms with Crippen LogP contribution in [-0.2, 0) is 11.2 Å². The number of nitrogens with two attached hydrogens (primary N) is 1. The maximum atomic E-state index is 5.84. The fraction of sp³-hybridized carbons (Fsp3) is 0.438. The molecule has 1 fully saturated rings. The van der Waals surface area contributed by atoms with Crippen molar-refractivity contribution < 1.29 is 4.74 Å². The lowest BCUT2D eigenvalue weighted by Crippen LogP contribution is -2.47. The van der Waals surface area contributed by atoms with Gasteiger partial charge in [0.25, 0.3) is 0 Å². The number of ether oxygens (including phenoxy) is 1.